The third-order valence-corrected chi connectivity index (χ3v) is 2.78. The molecule has 0 aliphatic rings. The lowest BCUT2D eigenvalue weighted by Gasteiger charge is -2.23. The van der Waals surface area contributed by atoms with Gasteiger partial charge in [0.1, 0.15) is 11.2 Å². The molecule has 9 heteroatoms. The van der Waals surface area contributed by atoms with Crippen LogP contribution >= 0.6 is 0 Å². The van der Waals surface area contributed by atoms with Crippen LogP contribution in [0, 0.1) is 6.92 Å². The third-order valence-electron chi connectivity index (χ3n) is 2.78. The lowest BCUT2D eigenvalue weighted by atomic mass is 10.1. The van der Waals surface area contributed by atoms with Crippen molar-refractivity contribution in [2.75, 3.05) is 13.7 Å². The number of rotatable bonds is 5. The van der Waals surface area contributed by atoms with Crippen molar-refractivity contribution in [2.45, 2.75) is 32.5 Å². The number of aromatic nitrogens is 1. The van der Waals surface area contributed by atoms with Gasteiger partial charge in [0.2, 0.25) is 5.88 Å². The largest absolute Gasteiger partial charge is 0.468 e. The minimum absolute atomic E-state index is 0.176. The van der Waals surface area contributed by atoms with Crippen molar-refractivity contribution in [3.63, 3.8) is 0 Å². The number of alkyl halides is 3. The second kappa shape index (κ2) is 6.84. The van der Waals surface area contributed by atoms with Crippen molar-refractivity contribution in [2.24, 2.45) is 0 Å². The molecule has 0 aliphatic carbocycles. The number of esters is 1. The molecule has 0 radical (unpaired) electrons. The third kappa shape index (κ3) is 5.42. The van der Waals surface area contributed by atoms with Crippen LogP contribution in [0.25, 0.3) is 0 Å². The average molecular weight is 334 g/mol. The van der Waals surface area contributed by atoms with Gasteiger partial charge in [0.05, 0.1) is 7.11 Å². The highest BCUT2D eigenvalue weighted by atomic mass is 19.4. The average Bonchev–Trinajstić information content (AvgIpc) is 2.43. The van der Waals surface area contributed by atoms with Gasteiger partial charge in [0, 0.05) is 5.56 Å². The molecule has 1 rings (SSSR count). The van der Waals surface area contributed by atoms with E-state index < -0.39 is 30.2 Å². The Labute approximate surface area is 131 Å². The molecule has 0 bridgehead atoms. The van der Waals surface area contributed by atoms with Crippen LogP contribution in [0.2, 0.25) is 0 Å². The zero-order valence-electron chi connectivity index (χ0n) is 13.1. The predicted molar refractivity (Wildman–Crippen MR) is 74.1 cm³/mol. The molecule has 1 amide bonds. The van der Waals surface area contributed by atoms with E-state index in [0.29, 0.717) is 5.56 Å². The molecule has 0 aliphatic heterocycles. The maximum Gasteiger partial charge on any atom is 0.422 e. The molecular formula is C14H17F3N2O4. The summed E-state index contributed by atoms with van der Waals surface area (Å²) < 4.78 is 45.7. The fourth-order valence-electron chi connectivity index (χ4n) is 1.59. The summed E-state index contributed by atoms with van der Waals surface area (Å²) in [7, 11) is 1.17. The fraction of sp³-hybridized carbons (Fsp3) is 0.500. The van der Waals surface area contributed by atoms with E-state index >= 15 is 0 Å². The number of nitrogens with one attached hydrogen (secondary N) is 1. The first-order valence-corrected chi connectivity index (χ1v) is 6.54. The van der Waals surface area contributed by atoms with E-state index in [-0.39, 0.29) is 11.6 Å². The Bertz CT molecular complexity index is 600. The summed E-state index contributed by atoms with van der Waals surface area (Å²) in [5.74, 6) is -1.71. The Morgan fingerprint density at radius 3 is 2.39 bits per heavy atom. The number of methoxy groups -OCH3 is 1. The van der Waals surface area contributed by atoms with Gasteiger partial charge in [-0.2, -0.15) is 13.2 Å². The van der Waals surface area contributed by atoms with Crippen molar-refractivity contribution in [1.29, 1.82) is 0 Å². The quantitative estimate of drug-likeness (QED) is 0.834. The molecular weight excluding hydrogens is 317 g/mol. The van der Waals surface area contributed by atoms with Crippen molar-refractivity contribution in [3.05, 3.63) is 23.4 Å². The molecule has 1 aromatic heterocycles. The number of ether oxygens (including phenoxy) is 2. The summed E-state index contributed by atoms with van der Waals surface area (Å²) in [5.41, 5.74) is -1.14. The molecule has 0 aromatic carbocycles. The van der Waals surface area contributed by atoms with E-state index in [1.807, 2.05) is 0 Å². The molecule has 0 atom stereocenters. The van der Waals surface area contributed by atoms with E-state index in [9.17, 15) is 22.8 Å². The number of carbonyl (C=O) groups is 2. The van der Waals surface area contributed by atoms with Crippen molar-refractivity contribution >= 4 is 11.9 Å². The number of pyridine rings is 1. The van der Waals surface area contributed by atoms with Gasteiger partial charge in [-0.05, 0) is 26.8 Å². The van der Waals surface area contributed by atoms with Gasteiger partial charge in [-0.25, -0.2) is 9.78 Å². The summed E-state index contributed by atoms with van der Waals surface area (Å²) in [6.07, 6.45) is -4.51. The first kappa shape index (κ1) is 18.7. The number of aryl methyl sites for hydroxylation is 1. The fourth-order valence-corrected chi connectivity index (χ4v) is 1.59. The second-order valence-electron chi connectivity index (χ2n) is 5.29. The summed E-state index contributed by atoms with van der Waals surface area (Å²) in [6.45, 7) is 2.83. The van der Waals surface area contributed by atoms with Crippen molar-refractivity contribution in [3.8, 4) is 5.88 Å². The number of carbonyl (C=O) groups excluding carboxylic acids is 2. The van der Waals surface area contributed by atoms with Crippen LogP contribution < -0.4 is 10.1 Å². The van der Waals surface area contributed by atoms with Gasteiger partial charge >= 0.3 is 12.1 Å². The second-order valence-corrected chi connectivity index (χ2v) is 5.29. The summed E-state index contributed by atoms with van der Waals surface area (Å²) in [6, 6.07) is 2.72. The van der Waals surface area contributed by atoms with Crippen LogP contribution in [-0.4, -0.2) is 42.3 Å². The Morgan fingerprint density at radius 1 is 1.26 bits per heavy atom. The first-order chi connectivity index (χ1) is 10.5. The first-order valence-electron chi connectivity index (χ1n) is 6.54. The molecule has 0 spiro atoms. The predicted octanol–water partition coefficient (Wildman–Crippen LogP) is 2.01. The van der Waals surface area contributed by atoms with E-state index in [1.54, 1.807) is 0 Å². The SMILES string of the molecule is COC(=O)C(C)(C)NC(=O)c1ccc(C)c(OCC(F)(F)F)n1. The van der Waals surface area contributed by atoms with Crippen LogP contribution in [0.1, 0.15) is 29.9 Å². The summed E-state index contributed by atoms with van der Waals surface area (Å²) >= 11 is 0. The molecule has 0 saturated heterocycles. The Hall–Kier alpha value is -2.32. The zero-order valence-corrected chi connectivity index (χ0v) is 13.1. The molecule has 23 heavy (non-hydrogen) atoms. The molecule has 128 valence electrons. The monoisotopic (exact) mass is 334 g/mol. The molecule has 1 N–H and O–H groups in total. The lowest BCUT2D eigenvalue weighted by molar-refractivity contribution is -0.154. The smallest absolute Gasteiger partial charge is 0.422 e. The van der Waals surface area contributed by atoms with E-state index in [2.05, 4.69) is 19.8 Å². The number of hydrogen-bond acceptors (Lipinski definition) is 5. The van der Waals surface area contributed by atoms with Gasteiger partial charge in [-0.15, -0.1) is 0 Å². The highest BCUT2D eigenvalue weighted by molar-refractivity contribution is 5.96. The van der Waals surface area contributed by atoms with E-state index in [0.717, 1.165) is 0 Å². The van der Waals surface area contributed by atoms with Crippen LogP contribution in [-0.2, 0) is 9.53 Å². The Kier molecular flexibility index (Phi) is 5.57. The standard InChI is InChI=1S/C14H17F3N2O4/c1-8-5-6-9(18-11(8)23-7-14(15,16)17)10(20)19-13(2,3)12(21)22-4/h5-6H,7H2,1-4H3,(H,19,20). The normalized spacial score (nSPS) is 11.8. The van der Waals surface area contributed by atoms with Crippen molar-refractivity contribution in [1.82, 2.24) is 10.3 Å². The highest BCUT2D eigenvalue weighted by Crippen LogP contribution is 2.20. The molecule has 1 aromatic rings. The summed E-state index contributed by atoms with van der Waals surface area (Å²) in [5, 5.41) is 2.39. The maximum absolute atomic E-state index is 12.2. The minimum atomic E-state index is -4.51. The van der Waals surface area contributed by atoms with Gasteiger partial charge in [0.15, 0.2) is 6.61 Å². The van der Waals surface area contributed by atoms with E-state index in [1.165, 1.54) is 40.0 Å². The van der Waals surface area contributed by atoms with Gasteiger partial charge < -0.3 is 14.8 Å². The topological polar surface area (TPSA) is 77.5 Å². The molecule has 0 fully saturated rings. The number of nitrogens with zero attached hydrogens (tertiary/aromatic N) is 1. The Balaban J connectivity index is 2.92. The van der Waals surface area contributed by atoms with Crippen molar-refractivity contribution < 1.29 is 32.2 Å². The highest BCUT2D eigenvalue weighted by Gasteiger charge is 2.32. The molecule has 6 nitrogen and oxygen atoms in total. The van der Waals surface area contributed by atoms with Gasteiger partial charge in [-0.1, -0.05) is 6.07 Å². The number of hydrogen-bond donors (Lipinski definition) is 1. The Morgan fingerprint density at radius 2 is 1.87 bits per heavy atom. The lowest BCUT2D eigenvalue weighted by Crippen LogP contribution is -2.50. The number of amides is 1. The molecule has 0 unspecified atom stereocenters. The molecule has 0 saturated carbocycles. The number of halogens is 3. The maximum atomic E-state index is 12.2. The van der Waals surface area contributed by atoms with Gasteiger partial charge in [0.25, 0.3) is 5.91 Å². The van der Waals surface area contributed by atoms with Crippen LogP contribution in [0.4, 0.5) is 13.2 Å². The van der Waals surface area contributed by atoms with Gasteiger partial charge in [-0.3, -0.25) is 4.79 Å². The molecule has 1 heterocycles. The van der Waals surface area contributed by atoms with Crippen LogP contribution in [0.5, 0.6) is 5.88 Å². The van der Waals surface area contributed by atoms with E-state index in [4.69, 9.17) is 0 Å². The van der Waals surface area contributed by atoms with Crippen LogP contribution in [0.15, 0.2) is 12.1 Å². The van der Waals surface area contributed by atoms with Crippen LogP contribution in [0.3, 0.4) is 0 Å². The summed E-state index contributed by atoms with van der Waals surface area (Å²) in [4.78, 5) is 27.4. The minimum Gasteiger partial charge on any atom is -0.468 e. The zero-order chi connectivity index (χ0) is 17.8.